The molecule has 0 bridgehead atoms. The number of nitrogens with one attached hydrogen (secondary N) is 1. The van der Waals surface area contributed by atoms with Gasteiger partial charge in [0.25, 0.3) is 0 Å². The van der Waals surface area contributed by atoms with Crippen molar-refractivity contribution < 1.29 is 0 Å². The highest BCUT2D eigenvalue weighted by Gasteiger charge is 2.27. The minimum atomic E-state index is 0.827. The maximum atomic E-state index is 3.77. The Kier molecular flexibility index (Phi) is 7.11. The van der Waals surface area contributed by atoms with Crippen LogP contribution in [0.3, 0.4) is 0 Å². The Hall–Kier alpha value is -0.0400. The first kappa shape index (κ1) is 14.0. The van der Waals surface area contributed by atoms with Crippen LogP contribution in [0.25, 0.3) is 0 Å². The maximum Gasteiger partial charge on any atom is 0.00955 e. The third-order valence-corrected chi connectivity index (χ3v) is 4.08. The Balaban J connectivity index is 2.32. The molecular weight excluding hydrogens is 194 g/mol. The van der Waals surface area contributed by atoms with E-state index in [0.29, 0.717) is 0 Å². The summed E-state index contributed by atoms with van der Waals surface area (Å²) in [5.41, 5.74) is 0. The van der Waals surface area contributed by atoms with Crippen molar-refractivity contribution in [2.75, 3.05) is 6.54 Å². The van der Waals surface area contributed by atoms with Crippen LogP contribution >= 0.6 is 0 Å². The second-order valence-electron chi connectivity index (χ2n) is 5.73. The molecule has 1 N–H and O–H groups in total. The Morgan fingerprint density at radius 1 is 1.06 bits per heavy atom. The van der Waals surface area contributed by atoms with Crippen molar-refractivity contribution in [3.8, 4) is 0 Å². The Bertz CT molecular complexity index is 165. The van der Waals surface area contributed by atoms with Crippen LogP contribution in [0.5, 0.6) is 0 Å². The minimum absolute atomic E-state index is 0.827. The molecule has 0 aliphatic heterocycles. The maximum absolute atomic E-state index is 3.77. The molecule has 0 saturated heterocycles. The van der Waals surface area contributed by atoms with Crippen LogP contribution in [0.15, 0.2) is 0 Å². The lowest BCUT2D eigenvalue weighted by atomic mass is 9.76. The normalized spacial score (nSPS) is 30.6. The van der Waals surface area contributed by atoms with E-state index in [2.05, 4.69) is 26.1 Å². The van der Waals surface area contributed by atoms with Crippen molar-refractivity contribution in [2.24, 2.45) is 11.8 Å². The third kappa shape index (κ3) is 4.86. The molecule has 1 rings (SSSR count). The summed E-state index contributed by atoms with van der Waals surface area (Å²) in [5, 5.41) is 3.77. The predicted octanol–water partition coefficient (Wildman–Crippen LogP) is 4.37. The smallest absolute Gasteiger partial charge is 0.00955 e. The molecular formula is C15H31N. The summed E-state index contributed by atoms with van der Waals surface area (Å²) in [6.45, 7) is 8.22. The summed E-state index contributed by atoms with van der Waals surface area (Å²) in [6, 6.07) is 0.827. The van der Waals surface area contributed by atoms with Gasteiger partial charge in [-0.15, -0.1) is 0 Å². The molecule has 96 valence electrons. The van der Waals surface area contributed by atoms with Crippen molar-refractivity contribution >= 4 is 0 Å². The molecule has 1 fully saturated rings. The molecule has 1 heteroatoms. The van der Waals surface area contributed by atoms with Crippen LogP contribution in [0.4, 0.5) is 0 Å². The van der Waals surface area contributed by atoms with Gasteiger partial charge in [-0.25, -0.2) is 0 Å². The van der Waals surface area contributed by atoms with Crippen molar-refractivity contribution in [1.82, 2.24) is 5.32 Å². The molecule has 0 amide bonds. The van der Waals surface area contributed by atoms with Gasteiger partial charge < -0.3 is 5.32 Å². The molecule has 1 nitrogen and oxygen atoms in total. The van der Waals surface area contributed by atoms with Gasteiger partial charge in [-0.2, -0.15) is 0 Å². The predicted molar refractivity (Wildman–Crippen MR) is 72.7 cm³/mol. The van der Waals surface area contributed by atoms with Crippen molar-refractivity contribution in [2.45, 2.75) is 78.2 Å². The van der Waals surface area contributed by atoms with Crippen molar-refractivity contribution in [1.29, 1.82) is 0 Å². The quantitative estimate of drug-likeness (QED) is 0.634. The first-order chi connectivity index (χ1) is 7.77. The monoisotopic (exact) mass is 225 g/mol. The highest BCUT2D eigenvalue weighted by molar-refractivity contribution is 4.83. The summed E-state index contributed by atoms with van der Waals surface area (Å²) >= 11 is 0. The van der Waals surface area contributed by atoms with E-state index in [9.17, 15) is 0 Å². The average molecular weight is 225 g/mol. The summed E-state index contributed by atoms with van der Waals surface area (Å²) in [5.74, 6) is 1.92. The molecule has 0 aromatic rings. The van der Waals surface area contributed by atoms with E-state index >= 15 is 0 Å². The highest BCUT2D eigenvalue weighted by atomic mass is 14.9. The molecule has 3 unspecified atom stereocenters. The molecule has 1 aliphatic rings. The van der Waals surface area contributed by atoms with Gasteiger partial charge >= 0.3 is 0 Å². The summed E-state index contributed by atoms with van der Waals surface area (Å²) in [4.78, 5) is 0. The van der Waals surface area contributed by atoms with E-state index in [-0.39, 0.29) is 0 Å². The van der Waals surface area contributed by atoms with Gasteiger partial charge in [0.1, 0.15) is 0 Å². The first-order valence-electron chi connectivity index (χ1n) is 7.51. The summed E-state index contributed by atoms with van der Waals surface area (Å²) in [6.07, 6.45) is 11.3. The van der Waals surface area contributed by atoms with Gasteiger partial charge in [-0.1, -0.05) is 40.0 Å². The summed E-state index contributed by atoms with van der Waals surface area (Å²) < 4.78 is 0. The molecule has 1 saturated carbocycles. The third-order valence-electron chi connectivity index (χ3n) is 4.08. The molecule has 0 spiro atoms. The molecule has 3 atom stereocenters. The van der Waals surface area contributed by atoms with Gasteiger partial charge in [-0.3, -0.25) is 0 Å². The number of unbranched alkanes of at least 4 members (excludes halogenated alkanes) is 2. The van der Waals surface area contributed by atoms with Crippen molar-refractivity contribution in [3.05, 3.63) is 0 Å². The molecule has 0 heterocycles. The van der Waals surface area contributed by atoms with E-state index in [0.717, 1.165) is 17.9 Å². The zero-order valence-corrected chi connectivity index (χ0v) is 11.6. The molecule has 0 radical (unpaired) electrons. The molecule has 0 aromatic carbocycles. The largest absolute Gasteiger partial charge is 0.314 e. The Labute approximate surface area is 102 Å². The standard InChI is InChI=1S/C15H31N/c1-4-6-7-8-14-12-13(3)9-10-15(14)16-11-5-2/h13-16H,4-12H2,1-3H3. The molecule has 1 aliphatic carbocycles. The van der Waals surface area contributed by atoms with E-state index in [1.807, 2.05) is 0 Å². The number of hydrogen-bond acceptors (Lipinski definition) is 1. The lowest BCUT2D eigenvalue weighted by molar-refractivity contribution is 0.199. The fourth-order valence-corrected chi connectivity index (χ4v) is 3.07. The van der Waals surface area contributed by atoms with Crippen LogP contribution in [0.1, 0.15) is 72.1 Å². The van der Waals surface area contributed by atoms with Crippen LogP contribution < -0.4 is 5.32 Å². The Morgan fingerprint density at radius 2 is 1.88 bits per heavy atom. The van der Waals surface area contributed by atoms with E-state index in [1.54, 1.807) is 0 Å². The zero-order valence-electron chi connectivity index (χ0n) is 11.6. The molecule has 16 heavy (non-hydrogen) atoms. The van der Waals surface area contributed by atoms with Crippen LogP contribution in [-0.4, -0.2) is 12.6 Å². The second kappa shape index (κ2) is 8.11. The van der Waals surface area contributed by atoms with Crippen LogP contribution in [0.2, 0.25) is 0 Å². The molecule has 0 aromatic heterocycles. The first-order valence-corrected chi connectivity index (χ1v) is 7.51. The lowest BCUT2D eigenvalue weighted by Gasteiger charge is -2.35. The van der Waals surface area contributed by atoms with E-state index in [1.165, 1.54) is 57.9 Å². The Morgan fingerprint density at radius 3 is 2.56 bits per heavy atom. The van der Waals surface area contributed by atoms with Gasteiger partial charge in [-0.05, 0) is 50.5 Å². The highest BCUT2D eigenvalue weighted by Crippen LogP contribution is 2.32. The van der Waals surface area contributed by atoms with Gasteiger partial charge in [0.15, 0.2) is 0 Å². The zero-order chi connectivity index (χ0) is 11.8. The number of hydrogen-bond donors (Lipinski definition) is 1. The van der Waals surface area contributed by atoms with E-state index < -0.39 is 0 Å². The average Bonchev–Trinajstić information content (AvgIpc) is 2.28. The van der Waals surface area contributed by atoms with Gasteiger partial charge in [0.2, 0.25) is 0 Å². The fourth-order valence-electron chi connectivity index (χ4n) is 3.07. The van der Waals surface area contributed by atoms with E-state index in [4.69, 9.17) is 0 Å². The number of rotatable bonds is 7. The fraction of sp³-hybridized carbons (Fsp3) is 1.00. The SMILES string of the molecule is CCCCCC1CC(C)CCC1NCCC. The van der Waals surface area contributed by atoms with Crippen LogP contribution in [0, 0.1) is 11.8 Å². The topological polar surface area (TPSA) is 12.0 Å². The lowest BCUT2D eigenvalue weighted by Crippen LogP contribution is -2.40. The summed E-state index contributed by atoms with van der Waals surface area (Å²) in [7, 11) is 0. The van der Waals surface area contributed by atoms with Gasteiger partial charge in [0.05, 0.1) is 0 Å². The van der Waals surface area contributed by atoms with Gasteiger partial charge in [0, 0.05) is 6.04 Å². The van der Waals surface area contributed by atoms with Crippen LogP contribution in [-0.2, 0) is 0 Å². The van der Waals surface area contributed by atoms with Crippen molar-refractivity contribution in [3.63, 3.8) is 0 Å². The minimum Gasteiger partial charge on any atom is -0.314 e. The second-order valence-corrected chi connectivity index (χ2v) is 5.73.